The number of hydrogen-bond acceptors (Lipinski definition) is 4. The van der Waals surface area contributed by atoms with Gasteiger partial charge in [0.1, 0.15) is 0 Å². The molecule has 0 aromatic heterocycles. The number of hydrogen-bond donors (Lipinski definition) is 2. The average Bonchev–Trinajstić information content (AvgIpc) is 2.41. The number of fused-ring (bicyclic) bond motifs is 2. The van der Waals surface area contributed by atoms with E-state index in [9.17, 15) is 13.9 Å². The zero-order valence-electron chi connectivity index (χ0n) is 11.2. The van der Waals surface area contributed by atoms with Gasteiger partial charge in [-0.25, -0.2) is 4.39 Å². The Morgan fingerprint density at radius 3 is 2.55 bits per heavy atom. The summed E-state index contributed by atoms with van der Waals surface area (Å²) in [4.78, 5) is 0. The van der Waals surface area contributed by atoms with Crippen molar-refractivity contribution in [2.75, 3.05) is 20.3 Å². The summed E-state index contributed by atoms with van der Waals surface area (Å²) in [6.45, 7) is 1.03. The van der Waals surface area contributed by atoms with Crippen LogP contribution in [0.4, 0.5) is 8.78 Å². The first-order valence-corrected chi connectivity index (χ1v) is 6.61. The molecule has 2 aliphatic rings. The van der Waals surface area contributed by atoms with Crippen LogP contribution in [0.15, 0.2) is 12.1 Å². The van der Waals surface area contributed by atoms with Crippen molar-refractivity contribution in [2.24, 2.45) is 0 Å². The molecule has 4 nitrogen and oxygen atoms in total. The smallest absolute Gasteiger partial charge is 0.200 e. The third kappa shape index (κ3) is 2.28. The Balaban J connectivity index is 1.97. The maximum Gasteiger partial charge on any atom is 0.200 e. The largest absolute Gasteiger partial charge is 0.494 e. The molecule has 20 heavy (non-hydrogen) atoms. The van der Waals surface area contributed by atoms with Crippen LogP contribution in [0.3, 0.4) is 0 Å². The summed E-state index contributed by atoms with van der Waals surface area (Å²) in [5.41, 5.74) is -0.835. The normalized spacial score (nSPS) is 33.0. The van der Waals surface area contributed by atoms with E-state index in [0.29, 0.717) is 31.6 Å². The number of nitrogens with one attached hydrogen (secondary N) is 1. The molecule has 2 fully saturated rings. The van der Waals surface area contributed by atoms with Gasteiger partial charge in [0.15, 0.2) is 11.6 Å². The van der Waals surface area contributed by atoms with Crippen molar-refractivity contribution < 1.29 is 23.4 Å². The van der Waals surface area contributed by atoms with Crippen molar-refractivity contribution in [3.63, 3.8) is 0 Å². The molecule has 0 amide bonds. The van der Waals surface area contributed by atoms with Crippen LogP contribution in [0.1, 0.15) is 18.4 Å². The molecule has 2 N–H and O–H groups in total. The highest BCUT2D eigenvalue weighted by atomic mass is 19.2. The lowest BCUT2D eigenvalue weighted by Crippen LogP contribution is -2.58. The maximum absolute atomic E-state index is 13.6. The van der Waals surface area contributed by atoms with Gasteiger partial charge in [-0.3, -0.25) is 0 Å². The number of piperidine rings is 1. The first kappa shape index (κ1) is 13.7. The van der Waals surface area contributed by atoms with Crippen LogP contribution in [0.2, 0.25) is 0 Å². The number of halogens is 2. The van der Waals surface area contributed by atoms with E-state index in [4.69, 9.17) is 9.47 Å². The molecule has 2 heterocycles. The van der Waals surface area contributed by atoms with Gasteiger partial charge in [0.25, 0.3) is 0 Å². The second-order valence-electron chi connectivity index (χ2n) is 5.51. The SMILES string of the molecule is COc1cc(C2(O)CC3COCC(C2)N3)cc(F)c1F. The van der Waals surface area contributed by atoms with Crippen LogP contribution in [0.5, 0.6) is 5.75 Å². The van der Waals surface area contributed by atoms with Crippen molar-refractivity contribution >= 4 is 0 Å². The summed E-state index contributed by atoms with van der Waals surface area (Å²) in [6.07, 6.45) is 0.801. The van der Waals surface area contributed by atoms with Crippen LogP contribution in [-0.2, 0) is 10.3 Å². The van der Waals surface area contributed by atoms with E-state index in [1.54, 1.807) is 0 Å². The molecule has 2 aliphatic heterocycles. The van der Waals surface area contributed by atoms with Crippen molar-refractivity contribution in [2.45, 2.75) is 30.5 Å². The van der Waals surface area contributed by atoms with Gasteiger partial charge in [-0.15, -0.1) is 0 Å². The highest BCUT2D eigenvalue weighted by Crippen LogP contribution is 2.39. The minimum absolute atomic E-state index is 0.0200. The number of benzene rings is 1. The average molecular weight is 285 g/mol. The van der Waals surface area contributed by atoms with E-state index in [-0.39, 0.29) is 17.8 Å². The van der Waals surface area contributed by atoms with Gasteiger partial charge >= 0.3 is 0 Å². The monoisotopic (exact) mass is 285 g/mol. The van der Waals surface area contributed by atoms with E-state index in [1.807, 2.05) is 0 Å². The van der Waals surface area contributed by atoms with Crippen molar-refractivity contribution in [3.05, 3.63) is 29.3 Å². The standard InChI is InChI=1S/C14H17F2NO3/c1-19-12-3-8(2-11(15)13(12)16)14(18)4-9-6-20-7-10(5-14)17-9/h2-3,9-10,17-18H,4-7H2,1H3. The highest BCUT2D eigenvalue weighted by Gasteiger charge is 2.43. The number of morpholine rings is 1. The third-order valence-corrected chi connectivity index (χ3v) is 4.03. The zero-order valence-corrected chi connectivity index (χ0v) is 11.2. The summed E-state index contributed by atoms with van der Waals surface area (Å²) in [5.74, 6) is -2.22. The lowest BCUT2D eigenvalue weighted by Gasteiger charge is -2.45. The van der Waals surface area contributed by atoms with Gasteiger partial charge in [0, 0.05) is 12.1 Å². The van der Waals surface area contributed by atoms with Crippen molar-refractivity contribution in [1.82, 2.24) is 5.32 Å². The molecule has 6 heteroatoms. The van der Waals surface area contributed by atoms with Crippen LogP contribution in [0, 0.1) is 11.6 Å². The fourth-order valence-electron chi connectivity index (χ4n) is 3.13. The molecule has 2 bridgehead atoms. The third-order valence-electron chi connectivity index (χ3n) is 4.03. The maximum atomic E-state index is 13.6. The molecule has 2 unspecified atom stereocenters. The van der Waals surface area contributed by atoms with Gasteiger partial charge in [0.05, 0.1) is 25.9 Å². The summed E-state index contributed by atoms with van der Waals surface area (Å²) >= 11 is 0. The van der Waals surface area contributed by atoms with Crippen LogP contribution < -0.4 is 10.1 Å². The highest BCUT2D eigenvalue weighted by molar-refractivity contribution is 5.35. The Morgan fingerprint density at radius 2 is 1.95 bits per heavy atom. The summed E-state index contributed by atoms with van der Waals surface area (Å²) < 4.78 is 37.4. The quantitative estimate of drug-likeness (QED) is 0.860. The van der Waals surface area contributed by atoms with Gasteiger partial charge in [-0.1, -0.05) is 0 Å². The predicted octanol–water partition coefficient (Wildman–Crippen LogP) is 1.31. The second-order valence-corrected chi connectivity index (χ2v) is 5.51. The van der Waals surface area contributed by atoms with Gasteiger partial charge < -0.3 is 19.9 Å². The van der Waals surface area contributed by atoms with E-state index < -0.39 is 17.2 Å². The van der Waals surface area contributed by atoms with E-state index in [2.05, 4.69) is 5.32 Å². The first-order valence-electron chi connectivity index (χ1n) is 6.61. The molecule has 0 radical (unpaired) electrons. The molecule has 0 aliphatic carbocycles. The molecule has 110 valence electrons. The molecule has 1 aromatic carbocycles. The number of ether oxygens (including phenoxy) is 2. The molecule has 2 saturated heterocycles. The molecule has 0 spiro atoms. The molecule has 0 saturated carbocycles. The number of aliphatic hydroxyl groups is 1. The Morgan fingerprint density at radius 1 is 1.30 bits per heavy atom. The zero-order chi connectivity index (χ0) is 14.3. The lowest BCUT2D eigenvalue weighted by molar-refractivity contribution is -0.0804. The minimum Gasteiger partial charge on any atom is -0.494 e. The van der Waals surface area contributed by atoms with Crippen molar-refractivity contribution in [1.29, 1.82) is 0 Å². The Labute approximate surface area is 115 Å². The molecule has 1 aromatic rings. The number of methoxy groups -OCH3 is 1. The molecule has 3 rings (SSSR count). The van der Waals surface area contributed by atoms with Crippen LogP contribution in [0.25, 0.3) is 0 Å². The van der Waals surface area contributed by atoms with Crippen LogP contribution in [-0.4, -0.2) is 37.5 Å². The summed E-state index contributed by atoms with van der Waals surface area (Å²) in [5, 5.41) is 14.2. The minimum atomic E-state index is -1.19. The molecule has 2 atom stereocenters. The van der Waals surface area contributed by atoms with Gasteiger partial charge in [0.2, 0.25) is 5.82 Å². The van der Waals surface area contributed by atoms with E-state index in [0.717, 1.165) is 6.07 Å². The Hall–Kier alpha value is -1.24. The van der Waals surface area contributed by atoms with E-state index >= 15 is 0 Å². The van der Waals surface area contributed by atoms with Gasteiger partial charge in [-0.05, 0) is 30.5 Å². The molecular weight excluding hydrogens is 268 g/mol. The van der Waals surface area contributed by atoms with Gasteiger partial charge in [-0.2, -0.15) is 4.39 Å². The summed E-state index contributed by atoms with van der Waals surface area (Å²) in [6, 6.07) is 2.47. The first-order chi connectivity index (χ1) is 9.51. The Kier molecular flexibility index (Phi) is 3.40. The van der Waals surface area contributed by atoms with Crippen LogP contribution >= 0.6 is 0 Å². The van der Waals surface area contributed by atoms with Crippen molar-refractivity contribution in [3.8, 4) is 5.75 Å². The second kappa shape index (κ2) is 4.95. The van der Waals surface area contributed by atoms with E-state index in [1.165, 1.54) is 13.2 Å². The summed E-state index contributed by atoms with van der Waals surface area (Å²) in [7, 11) is 1.27. The predicted molar refractivity (Wildman–Crippen MR) is 67.6 cm³/mol. The topological polar surface area (TPSA) is 50.7 Å². The fraction of sp³-hybridized carbons (Fsp3) is 0.571. The molecular formula is C14H17F2NO3. The lowest BCUT2D eigenvalue weighted by atomic mass is 9.78. The number of rotatable bonds is 2. The Bertz CT molecular complexity index is 511. The fourth-order valence-corrected chi connectivity index (χ4v) is 3.13.